The van der Waals surface area contributed by atoms with Crippen molar-refractivity contribution in [1.82, 2.24) is 14.9 Å². The van der Waals surface area contributed by atoms with E-state index in [1.807, 2.05) is 6.07 Å². The molecule has 1 aromatic carbocycles. The van der Waals surface area contributed by atoms with Gasteiger partial charge in [0, 0.05) is 18.5 Å². The van der Waals surface area contributed by atoms with Crippen LogP contribution in [0.2, 0.25) is 0 Å². The average molecular weight is 285 g/mol. The number of hydrogen-bond donors (Lipinski definition) is 2. The molecule has 4 nitrogen and oxygen atoms in total. The van der Waals surface area contributed by atoms with Crippen molar-refractivity contribution in [3.8, 4) is 5.75 Å². The highest BCUT2D eigenvalue weighted by Crippen LogP contribution is 2.39. The van der Waals surface area contributed by atoms with Crippen molar-refractivity contribution in [2.24, 2.45) is 0 Å². The van der Waals surface area contributed by atoms with Crippen molar-refractivity contribution in [3.05, 3.63) is 24.0 Å². The van der Waals surface area contributed by atoms with Gasteiger partial charge in [-0.1, -0.05) is 18.9 Å². The first-order chi connectivity index (χ1) is 10.3. The highest BCUT2D eigenvalue weighted by molar-refractivity contribution is 5.82. The summed E-state index contributed by atoms with van der Waals surface area (Å²) < 4.78 is 2.43. The largest absolute Gasteiger partial charge is 0.506 e. The Balaban J connectivity index is 1.87. The molecule has 1 aliphatic heterocycles. The van der Waals surface area contributed by atoms with Crippen LogP contribution in [0.1, 0.15) is 56.3 Å². The molecule has 0 bridgehead atoms. The molecule has 1 aromatic heterocycles. The van der Waals surface area contributed by atoms with Crippen LogP contribution in [0.5, 0.6) is 5.75 Å². The van der Waals surface area contributed by atoms with Crippen LogP contribution in [0.15, 0.2) is 18.2 Å². The van der Waals surface area contributed by atoms with E-state index in [4.69, 9.17) is 4.98 Å². The van der Waals surface area contributed by atoms with Gasteiger partial charge in [0.25, 0.3) is 0 Å². The van der Waals surface area contributed by atoms with Crippen LogP contribution in [0.25, 0.3) is 11.0 Å². The molecule has 0 radical (unpaired) electrons. The average Bonchev–Trinajstić information content (AvgIpc) is 3.16. The summed E-state index contributed by atoms with van der Waals surface area (Å²) in [4.78, 5) is 4.85. The van der Waals surface area contributed by atoms with Crippen LogP contribution >= 0.6 is 0 Å². The lowest BCUT2D eigenvalue weighted by Gasteiger charge is -2.27. The van der Waals surface area contributed by atoms with Gasteiger partial charge in [-0.05, 0) is 44.4 Å². The standard InChI is InChI=1S/C17H23N3O/c21-15-9-3-8-14-16(15)19-17(12-5-1-2-6-12)20(14)13-7-4-10-18-11-13/h3,8-9,12-13,18,21H,1-2,4-7,10-11H2/t13-/m0/s1. The number of piperidine rings is 1. The molecule has 1 aliphatic carbocycles. The third-order valence-electron chi connectivity index (χ3n) is 5.08. The summed E-state index contributed by atoms with van der Waals surface area (Å²) in [5.41, 5.74) is 1.88. The number of phenols is 1. The van der Waals surface area contributed by atoms with Crippen LogP contribution in [-0.2, 0) is 0 Å². The molecule has 0 unspecified atom stereocenters. The van der Waals surface area contributed by atoms with Gasteiger partial charge in [-0.15, -0.1) is 0 Å². The van der Waals surface area contributed by atoms with Gasteiger partial charge < -0.3 is 15.0 Å². The first-order valence-corrected chi connectivity index (χ1v) is 8.25. The summed E-state index contributed by atoms with van der Waals surface area (Å²) in [5.74, 6) is 2.09. The zero-order chi connectivity index (χ0) is 14.2. The molecule has 2 fully saturated rings. The molecule has 4 heteroatoms. The Hall–Kier alpha value is -1.55. The molecule has 2 N–H and O–H groups in total. The molecule has 21 heavy (non-hydrogen) atoms. The fourth-order valence-electron chi connectivity index (χ4n) is 4.03. The number of phenolic OH excluding ortho intramolecular Hbond substituents is 1. The van der Waals surface area contributed by atoms with Gasteiger partial charge >= 0.3 is 0 Å². The number of rotatable bonds is 2. The first-order valence-electron chi connectivity index (χ1n) is 8.25. The highest BCUT2D eigenvalue weighted by atomic mass is 16.3. The van der Waals surface area contributed by atoms with Crippen LogP contribution in [0, 0.1) is 0 Å². The highest BCUT2D eigenvalue weighted by Gasteiger charge is 2.28. The number of aromatic hydroxyl groups is 1. The quantitative estimate of drug-likeness (QED) is 0.890. The fraction of sp³-hybridized carbons (Fsp3) is 0.588. The van der Waals surface area contributed by atoms with E-state index in [9.17, 15) is 5.11 Å². The predicted molar refractivity (Wildman–Crippen MR) is 83.7 cm³/mol. The molecule has 112 valence electrons. The van der Waals surface area contributed by atoms with Crippen molar-refractivity contribution in [2.45, 2.75) is 50.5 Å². The maximum Gasteiger partial charge on any atom is 0.143 e. The summed E-state index contributed by atoms with van der Waals surface area (Å²) in [6, 6.07) is 6.26. The van der Waals surface area contributed by atoms with E-state index in [0.717, 1.165) is 24.1 Å². The van der Waals surface area contributed by atoms with E-state index in [-0.39, 0.29) is 0 Å². The van der Waals surface area contributed by atoms with Crippen molar-refractivity contribution in [3.63, 3.8) is 0 Å². The van der Waals surface area contributed by atoms with E-state index < -0.39 is 0 Å². The Morgan fingerprint density at radius 2 is 2.00 bits per heavy atom. The third kappa shape index (κ3) is 2.22. The zero-order valence-electron chi connectivity index (χ0n) is 12.4. The van der Waals surface area contributed by atoms with Crippen LogP contribution in [0.3, 0.4) is 0 Å². The summed E-state index contributed by atoms with van der Waals surface area (Å²) in [7, 11) is 0. The van der Waals surface area contributed by atoms with Gasteiger partial charge in [-0.3, -0.25) is 0 Å². The normalized spacial score (nSPS) is 23.9. The zero-order valence-corrected chi connectivity index (χ0v) is 12.4. The van der Waals surface area contributed by atoms with E-state index in [1.54, 1.807) is 6.07 Å². The van der Waals surface area contributed by atoms with Crippen LogP contribution in [0.4, 0.5) is 0 Å². The fourth-order valence-corrected chi connectivity index (χ4v) is 4.03. The molecule has 4 rings (SSSR count). The number of benzene rings is 1. The summed E-state index contributed by atoms with van der Waals surface area (Å²) in [5, 5.41) is 13.7. The molecular weight excluding hydrogens is 262 g/mol. The van der Waals surface area contributed by atoms with E-state index in [2.05, 4.69) is 16.0 Å². The van der Waals surface area contributed by atoms with E-state index in [0.29, 0.717) is 17.7 Å². The maximum absolute atomic E-state index is 10.2. The van der Waals surface area contributed by atoms with Crippen molar-refractivity contribution >= 4 is 11.0 Å². The molecule has 1 saturated carbocycles. The number of hydrogen-bond acceptors (Lipinski definition) is 3. The lowest BCUT2D eigenvalue weighted by Crippen LogP contribution is -2.32. The van der Waals surface area contributed by atoms with Gasteiger partial charge in [0.05, 0.1) is 5.52 Å². The number of nitrogens with one attached hydrogen (secondary N) is 1. The monoisotopic (exact) mass is 285 g/mol. The summed E-state index contributed by atoms with van der Waals surface area (Å²) >= 11 is 0. The maximum atomic E-state index is 10.2. The third-order valence-corrected chi connectivity index (χ3v) is 5.08. The Kier molecular flexibility index (Phi) is 3.34. The van der Waals surface area contributed by atoms with Gasteiger partial charge in [-0.25, -0.2) is 4.98 Å². The second kappa shape index (κ2) is 5.34. The van der Waals surface area contributed by atoms with Crippen molar-refractivity contribution < 1.29 is 5.11 Å². The minimum atomic E-state index is 0.314. The molecule has 0 spiro atoms. The van der Waals surface area contributed by atoms with Gasteiger partial charge in [0.1, 0.15) is 17.1 Å². The topological polar surface area (TPSA) is 50.1 Å². The Labute approximate surface area is 125 Å². The number of para-hydroxylation sites is 1. The van der Waals surface area contributed by atoms with Gasteiger partial charge in [0.2, 0.25) is 0 Å². The van der Waals surface area contributed by atoms with Gasteiger partial charge in [0.15, 0.2) is 0 Å². The molecular formula is C17H23N3O. The Bertz CT molecular complexity index is 637. The van der Waals surface area contributed by atoms with Crippen molar-refractivity contribution in [2.75, 3.05) is 13.1 Å². The SMILES string of the molecule is Oc1cccc2c1nc(C1CCCC1)n2[C@H]1CCCNC1. The molecule has 0 amide bonds. The number of fused-ring (bicyclic) bond motifs is 1. The summed E-state index contributed by atoms with van der Waals surface area (Å²) in [6.45, 7) is 2.13. The smallest absolute Gasteiger partial charge is 0.143 e. The van der Waals surface area contributed by atoms with Crippen LogP contribution in [-0.4, -0.2) is 27.7 Å². The number of nitrogens with zero attached hydrogens (tertiary/aromatic N) is 2. The van der Waals surface area contributed by atoms with Crippen molar-refractivity contribution in [1.29, 1.82) is 0 Å². The first kappa shape index (κ1) is 13.1. The summed E-state index contributed by atoms with van der Waals surface area (Å²) in [6.07, 6.45) is 7.51. The molecule has 1 saturated heterocycles. The van der Waals surface area contributed by atoms with E-state index in [1.165, 1.54) is 44.3 Å². The lowest BCUT2D eigenvalue weighted by atomic mass is 10.0. The Morgan fingerprint density at radius 3 is 2.76 bits per heavy atom. The number of aromatic nitrogens is 2. The minimum Gasteiger partial charge on any atom is -0.506 e. The Morgan fingerprint density at radius 1 is 1.14 bits per heavy atom. The predicted octanol–water partition coefficient (Wildman–Crippen LogP) is 3.32. The van der Waals surface area contributed by atoms with E-state index >= 15 is 0 Å². The van der Waals surface area contributed by atoms with Gasteiger partial charge in [-0.2, -0.15) is 0 Å². The second-order valence-corrected chi connectivity index (χ2v) is 6.47. The lowest BCUT2D eigenvalue weighted by molar-refractivity contribution is 0.364. The van der Waals surface area contributed by atoms with Crippen LogP contribution < -0.4 is 5.32 Å². The molecule has 2 heterocycles. The number of imidazole rings is 1. The molecule has 1 atom stereocenters. The second-order valence-electron chi connectivity index (χ2n) is 6.47. The minimum absolute atomic E-state index is 0.314. The molecule has 2 aromatic rings. The molecule has 2 aliphatic rings.